The molecule has 1 heterocycles. The molecule has 0 radical (unpaired) electrons. The molecule has 1 unspecified atom stereocenters. The number of hydrogen-bond acceptors (Lipinski definition) is 5. The lowest BCUT2D eigenvalue weighted by molar-refractivity contribution is -0.116. The fourth-order valence-electron chi connectivity index (χ4n) is 2.89. The summed E-state index contributed by atoms with van der Waals surface area (Å²) in [5.41, 5.74) is 2.76. The zero-order valence-electron chi connectivity index (χ0n) is 13.6. The van der Waals surface area contributed by atoms with Crippen LogP contribution in [0.4, 0.5) is 0 Å². The van der Waals surface area contributed by atoms with Gasteiger partial charge in [-0.05, 0) is 25.8 Å². The van der Waals surface area contributed by atoms with Crippen LogP contribution in [0.15, 0.2) is 22.7 Å². The van der Waals surface area contributed by atoms with Crippen LogP contribution in [0.2, 0.25) is 0 Å². The molecule has 0 saturated carbocycles. The van der Waals surface area contributed by atoms with Crippen LogP contribution in [0.5, 0.6) is 0 Å². The van der Waals surface area contributed by atoms with Gasteiger partial charge in [0.1, 0.15) is 12.4 Å². The molecule has 0 saturated heterocycles. The maximum atomic E-state index is 12.5. The van der Waals surface area contributed by atoms with E-state index in [0.717, 1.165) is 11.3 Å². The Kier molecular flexibility index (Phi) is 5.00. The Morgan fingerprint density at radius 2 is 2.23 bits per heavy atom. The van der Waals surface area contributed by atoms with E-state index in [4.69, 9.17) is 4.84 Å². The minimum absolute atomic E-state index is 0.0323. The lowest BCUT2D eigenvalue weighted by Gasteiger charge is -2.23. The van der Waals surface area contributed by atoms with Crippen molar-refractivity contribution < 1.29 is 14.7 Å². The molecule has 0 fully saturated rings. The van der Waals surface area contributed by atoms with Gasteiger partial charge in [-0.3, -0.25) is 9.48 Å². The minimum Gasteiger partial charge on any atom is -0.511 e. The number of Topliss-reactive ketones (excluding diaryl/α,β-unsaturated/α-hetero) is 1. The number of allylic oxidation sites excluding steroid dienone is 2. The molecule has 0 aliphatic heterocycles. The van der Waals surface area contributed by atoms with Gasteiger partial charge in [0.15, 0.2) is 5.78 Å². The van der Waals surface area contributed by atoms with Crippen molar-refractivity contribution in [3.05, 3.63) is 28.8 Å². The van der Waals surface area contributed by atoms with Gasteiger partial charge in [0.05, 0.1) is 17.0 Å². The van der Waals surface area contributed by atoms with Gasteiger partial charge < -0.3 is 9.94 Å². The molecular weight excluding hydrogens is 282 g/mol. The summed E-state index contributed by atoms with van der Waals surface area (Å²) in [4.78, 5) is 17.5. The van der Waals surface area contributed by atoms with Crippen molar-refractivity contribution in [1.82, 2.24) is 9.78 Å². The van der Waals surface area contributed by atoms with E-state index in [9.17, 15) is 9.90 Å². The van der Waals surface area contributed by atoms with Gasteiger partial charge >= 0.3 is 0 Å². The number of aryl methyl sites for hydroxylation is 2. The average molecular weight is 305 g/mol. The van der Waals surface area contributed by atoms with E-state index in [1.807, 2.05) is 34.0 Å². The van der Waals surface area contributed by atoms with Crippen LogP contribution in [0, 0.1) is 6.92 Å². The maximum absolute atomic E-state index is 12.5. The lowest BCUT2D eigenvalue weighted by atomic mass is 9.81. The van der Waals surface area contributed by atoms with Crippen molar-refractivity contribution in [2.75, 3.05) is 6.61 Å². The SMILES string of the molecule is CCO/N=C(/CC)C1=C(O)CC(c2cn(C)nc2C)CC1=O. The van der Waals surface area contributed by atoms with Crippen molar-refractivity contribution in [1.29, 1.82) is 0 Å². The van der Waals surface area contributed by atoms with E-state index >= 15 is 0 Å². The van der Waals surface area contributed by atoms with Gasteiger partial charge in [0, 0.05) is 32.0 Å². The standard InChI is InChI=1S/C16H23N3O3/c1-5-13(18-22-6-2)16-14(20)7-11(8-15(16)21)12-9-19(4)17-10(12)3/h9,11,20H,5-8H2,1-4H3/b18-13-. The first-order chi connectivity index (χ1) is 10.5. The van der Waals surface area contributed by atoms with Crippen LogP contribution in [0.25, 0.3) is 0 Å². The predicted molar refractivity (Wildman–Crippen MR) is 83.9 cm³/mol. The van der Waals surface area contributed by atoms with Crippen LogP contribution in [-0.4, -0.2) is 33.0 Å². The summed E-state index contributed by atoms with van der Waals surface area (Å²) in [5, 5.41) is 18.6. The van der Waals surface area contributed by atoms with E-state index in [1.165, 1.54) is 0 Å². The first kappa shape index (κ1) is 16.3. The van der Waals surface area contributed by atoms with Crippen LogP contribution in [0.1, 0.15) is 50.3 Å². The number of rotatable bonds is 5. The fraction of sp³-hybridized carbons (Fsp3) is 0.562. The molecule has 22 heavy (non-hydrogen) atoms. The Morgan fingerprint density at radius 3 is 2.73 bits per heavy atom. The highest BCUT2D eigenvalue weighted by Gasteiger charge is 2.32. The van der Waals surface area contributed by atoms with Crippen molar-refractivity contribution >= 4 is 11.5 Å². The van der Waals surface area contributed by atoms with Crippen LogP contribution >= 0.6 is 0 Å². The largest absolute Gasteiger partial charge is 0.511 e. The van der Waals surface area contributed by atoms with E-state index in [1.54, 1.807) is 4.68 Å². The number of oxime groups is 1. The van der Waals surface area contributed by atoms with E-state index in [2.05, 4.69) is 10.3 Å². The molecule has 1 aromatic rings. The maximum Gasteiger partial charge on any atom is 0.168 e. The number of nitrogens with zero attached hydrogens (tertiary/aromatic N) is 3. The summed E-state index contributed by atoms with van der Waals surface area (Å²) in [6, 6.07) is 0. The summed E-state index contributed by atoms with van der Waals surface area (Å²) in [7, 11) is 1.85. The summed E-state index contributed by atoms with van der Waals surface area (Å²) in [6.07, 6.45) is 3.25. The predicted octanol–water partition coefficient (Wildman–Crippen LogP) is 2.79. The molecule has 6 nitrogen and oxygen atoms in total. The number of carbonyl (C=O) groups excluding carboxylic acids is 1. The van der Waals surface area contributed by atoms with Gasteiger partial charge in [-0.1, -0.05) is 12.1 Å². The van der Waals surface area contributed by atoms with Crippen molar-refractivity contribution in [2.45, 2.75) is 46.0 Å². The molecule has 1 N–H and O–H groups in total. The number of aromatic nitrogens is 2. The van der Waals surface area contributed by atoms with Crippen molar-refractivity contribution in [3.8, 4) is 0 Å². The van der Waals surface area contributed by atoms with E-state index < -0.39 is 0 Å². The Hall–Kier alpha value is -2.11. The number of hydrogen-bond donors (Lipinski definition) is 1. The summed E-state index contributed by atoms with van der Waals surface area (Å²) >= 11 is 0. The smallest absolute Gasteiger partial charge is 0.168 e. The van der Waals surface area contributed by atoms with Crippen LogP contribution < -0.4 is 0 Å². The van der Waals surface area contributed by atoms with Crippen LogP contribution in [-0.2, 0) is 16.7 Å². The number of aliphatic hydroxyl groups is 1. The molecule has 1 aliphatic carbocycles. The summed E-state index contributed by atoms with van der Waals surface area (Å²) in [6.45, 7) is 6.07. The fourth-order valence-corrected chi connectivity index (χ4v) is 2.89. The molecule has 1 atom stereocenters. The first-order valence-corrected chi connectivity index (χ1v) is 7.62. The molecule has 1 aliphatic rings. The molecule has 0 bridgehead atoms. The van der Waals surface area contributed by atoms with Gasteiger partial charge in [-0.2, -0.15) is 5.10 Å². The first-order valence-electron chi connectivity index (χ1n) is 7.62. The van der Waals surface area contributed by atoms with Gasteiger partial charge in [0.25, 0.3) is 0 Å². The second kappa shape index (κ2) is 6.77. The number of aliphatic hydroxyl groups excluding tert-OH is 1. The second-order valence-corrected chi connectivity index (χ2v) is 5.50. The normalized spacial score (nSPS) is 19.7. The summed E-state index contributed by atoms with van der Waals surface area (Å²) < 4.78 is 1.74. The molecule has 6 heteroatoms. The Labute approximate surface area is 130 Å². The monoisotopic (exact) mass is 305 g/mol. The van der Waals surface area contributed by atoms with Gasteiger partial charge in [0.2, 0.25) is 0 Å². The zero-order valence-corrected chi connectivity index (χ0v) is 13.6. The second-order valence-electron chi connectivity index (χ2n) is 5.50. The highest BCUT2D eigenvalue weighted by atomic mass is 16.6. The highest BCUT2D eigenvalue weighted by Crippen LogP contribution is 2.35. The minimum atomic E-state index is -0.0858. The van der Waals surface area contributed by atoms with Gasteiger partial charge in [-0.15, -0.1) is 0 Å². The third-order valence-corrected chi connectivity index (χ3v) is 3.86. The lowest BCUT2D eigenvalue weighted by Crippen LogP contribution is -2.24. The number of ketones is 1. The molecule has 0 spiro atoms. The van der Waals surface area contributed by atoms with Gasteiger partial charge in [-0.25, -0.2) is 0 Å². The van der Waals surface area contributed by atoms with Crippen LogP contribution in [0.3, 0.4) is 0 Å². The third-order valence-electron chi connectivity index (χ3n) is 3.86. The Morgan fingerprint density at radius 1 is 1.50 bits per heavy atom. The highest BCUT2D eigenvalue weighted by molar-refractivity contribution is 6.23. The van der Waals surface area contributed by atoms with E-state index in [0.29, 0.717) is 37.2 Å². The van der Waals surface area contributed by atoms with E-state index in [-0.39, 0.29) is 17.5 Å². The molecule has 2 rings (SSSR count). The zero-order chi connectivity index (χ0) is 16.3. The topological polar surface area (TPSA) is 76.7 Å². The molecule has 0 amide bonds. The summed E-state index contributed by atoms with van der Waals surface area (Å²) in [5.74, 6) is -0.0164. The Bertz CT molecular complexity index is 629. The molecule has 1 aromatic heterocycles. The van der Waals surface area contributed by atoms with Crippen molar-refractivity contribution in [3.63, 3.8) is 0 Å². The quantitative estimate of drug-likeness (QED) is 0.670. The molecule has 120 valence electrons. The average Bonchev–Trinajstić information content (AvgIpc) is 2.80. The molecule has 0 aromatic carbocycles. The van der Waals surface area contributed by atoms with Crippen molar-refractivity contribution in [2.24, 2.45) is 12.2 Å². The Balaban J connectivity index is 2.31. The third kappa shape index (κ3) is 3.21. The molecular formula is C16H23N3O3. The number of carbonyl (C=O) groups is 1.